The predicted molar refractivity (Wildman–Crippen MR) is 96.2 cm³/mol. The van der Waals surface area contributed by atoms with E-state index in [0.29, 0.717) is 6.42 Å². The Balaban J connectivity index is 2.02. The maximum atomic E-state index is 12.7. The van der Waals surface area contributed by atoms with Crippen molar-refractivity contribution < 1.29 is 23.8 Å². The number of carbonyl (C=O) groups is 2. The summed E-state index contributed by atoms with van der Waals surface area (Å²) in [6.45, 7) is 8.10. The van der Waals surface area contributed by atoms with Crippen LogP contribution in [0.15, 0.2) is 42.0 Å². The SMILES string of the molecule is COC(=O)[C@]12C=C(C)[C@H](C[C@@H]1O[C@@H](c1ccccc1)C(C)(C)C)OC2=O. The summed E-state index contributed by atoms with van der Waals surface area (Å²) in [6, 6.07) is 9.87. The molecule has 0 radical (unpaired) electrons. The van der Waals surface area contributed by atoms with Gasteiger partial charge in [-0.25, -0.2) is 0 Å². The number of rotatable bonds is 4. The van der Waals surface area contributed by atoms with Gasteiger partial charge in [0.15, 0.2) is 0 Å². The van der Waals surface area contributed by atoms with Gasteiger partial charge < -0.3 is 14.2 Å². The molecule has 1 aliphatic carbocycles. The van der Waals surface area contributed by atoms with E-state index >= 15 is 0 Å². The number of benzene rings is 1. The van der Waals surface area contributed by atoms with Crippen LogP contribution in [0, 0.1) is 10.8 Å². The first-order valence-corrected chi connectivity index (χ1v) is 8.89. The second-order valence-electron chi connectivity index (χ2n) is 8.16. The Labute approximate surface area is 154 Å². The predicted octanol–water partition coefficient (Wildman–Crippen LogP) is 3.59. The summed E-state index contributed by atoms with van der Waals surface area (Å²) in [5.74, 6) is -1.22. The first-order chi connectivity index (χ1) is 12.2. The average molecular weight is 358 g/mol. The molecule has 140 valence electrons. The Kier molecular flexibility index (Phi) is 4.69. The second kappa shape index (κ2) is 6.54. The maximum absolute atomic E-state index is 12.7. The summed E-state index contributed by atoms with van der Waals surface area (Å²) in [4.78, 5) is 25.3. The molecule has 0 unspecified atom stereocenters. The lowest BCUT2D eigenvalue weighted by atomic mass is 9.70. The van der Waals surface area contributed by atoms with Crippen molar-refractivity contribution in [2.24, 2.45) is 10.8 Å². The zero-order chi connectivity index (χ0) is 19.1. The van der Waals surface area contributed by atoms with Gasteiger partial charge in [-0.15, -0.1) is 0 Å². The fourth-order valence-electron chi connectivity index (χ4n) is 3.85. The molecule has 2 bridgehead atoms. The number of carbonyl (C=O) groups excluding carboxylic acids is 2. The van der Waals surface area contributed by atoms with Crippen molar-refractivity contribution in [1.82, 2.24) is 0 Å². The lowest BCUT2D eigenvalue weighted by Crippen LogP contribution is -2.60. The minimum Gasteiger partial charge on any atom is -0.468 e. The Bertz CT molecular complexity index is 731. The van der Waals surface area contributed by atoms with Gasteiger partial charge in [0.05, 0.1) is 19.3 Å². The van der Waals surface area contributed by atoms with Crippen LogP contribution in [0.3, 0.4) is 0 Å². The van der Waals surface area contributed by atoms with E-state index in [4.69, 9.17) is 14.2 Å². The van der Waals surface area contributed by atoms with E-state index in [1.165, 1.54) is 7.11 Å². The zero-order valence-corrected chi connectivity index (χ0v) is 15.9. The lowest BCUT2D eigenvalue weighted by molar-refractivity contribution is -0.207. The molecule has 4 rings (SSSR count). The van der Waals surface area contributed by atoms with E-state index in [1.807, 2.05) is 37.3 Å². The van der Waals surface area contributed by atoms with Crippen molar-refractivity contribution >= 4 is 11.9 Å². The highest BCUT2D eigenvalue weighted by atomic mass is 16.6. The summed E-state index contributed by atoms with van der Waals surface area (Å²) >= 11 is 0. The van der Waals surface area contributed by atoms with Crippen molar-refractivity contribution in [1.29, 1.82) is 0 Å². The molecule has 0 N–H and O–H groups in total. The van der Waals surface area contributed by atoms with E-state index in [-0.39, 0.29) is 17.6 Å². The van der Waals surface area contributed by atoms with Crippen molar-refractivity contribution in [2.45, 2.75) is 52.4 Å². The van der Waals surface area contributed by atoms with Crippen molar-refractivity contribution in [2.75, 3.05) is 7.11 Å². The quantitative estimate of drug-likeness (QED) is 0.468. The van der Waals surface area contributed by atoms with Gasteiger partial charge in [0, 0.05) is 6.42 Å². The van der Waals surface area contributed by atoms with Crippen molar-refractivity contribution in [3.05, 3.63) is 47.5 Å². The third-order valence-corrected chi connectivity index (χ3v) is 5.20. The largest absolute Gasteiger partial charge is 0.468 e. The number of fused-ring (bicyclic) bond motifs is 2. The van der Waals surface area contributed by atoms with Gasteiger partial charge in [0.25, 0.3) is 0 Å². The van der Waals surface area contributed by atoms with Crippen LogP contribution >= 0.6 is 0 Å². The van der Waals surface area contributed by atoms with E-state index in [9.17, 15) is 9.59 Å². The third kappa shape index (κ3) is 2.94. The monoisotopic (exact) mass is 358 g/mol. The number of esters is 2. The average Bonchev–Trinajstić information content (AvgIpc) is 2.60. The van der Waals surface area contributed by atoms with Gasteiger partial charge in [-0.1, -0.05) is 57.2 Å². The highest BCUT2D eigenvalue weighted by molar-refractivity contribution is 6.04. The number of methoxy groups -OCH3 is 1. The summed E-state index contributed by atoms with van der Waals surface area (Å²) in [5, 5.41) is 0. The van der Waals surface area contributed by atoms with Gasteiger partial charge in [0.1, 0.15) is 6.10 Å². The Hall–Kier alpha value is -2.14. The molecule has 4 atom stereocenters. The van der Waals surface area contributed by atoms with Gasteiger partial charge in [0.2, 0.25) is 5.41 Å². The van der Waals surface area contributed by atoms with Crippen LogP contribution in [0.2, 0.25) is 0 Å². The molecule has 26 heavy (non-hydrogen) atoms. The van der Waals surface area contributed by atoms with Gasteiger partial charge >= 0.3 is 11.9 Å². The van der Waals surface area contributed by atoms with E-state index in [1.54, 1.807) is 6.08 Å². The van der Waals surface area contributed by atoms with Crippen LogP contribution in [0.5, 0.6) is 0 Å². The Morgan fingerprint density at radius 3 is 2.50 bits per heavy atom. The molecule has 0 spiro atoms. The molecular formula is C21H26O5. The molecule has 5 nitrogen and oxygen atoms in total. The van der Waals surface area contributed by atoms with Crippen LogP contribution in [0.1, 0.15) is 45.8 Å². The summed E-state index contributed by atoms with van der Waals surface area (Å²) in [5.41, 5.74) is 0.113. The smallest absolute Gasteiger partial charge is 0.330 e. The Morgan fingerprint density at radius 2 is 1.92 bits per heavy atom. The maximum Gasteiger partial charge on any atom is 0.330 e. The first kappa shape index (κ1) is 18.6. The van der Waals surface area contributed by atoms with Crippen LogP contribution in [-0.4, -0.2) is 31.3 Å². The fraction of sp³-hybridized carbons (Fsp3) is 0.524. The first-order valence-electron chi connectivity index (χ1n) is 8.89. The molecule has 3 aliphatic rings. The Morgan fingerprint density at radius 1 is 1.27 bits per heavy atom. The number of ether oxygens (including phenoxy) is 3. The van der Waals surface area contributed by atoms with Crippen LogP contribution in [0.25, 0.3) is 0 Å². The summed E-state index contributed by atoms with van der Waals surface area (Å²) in [7, 11) is 1.28. The summed E-state index contributed by atoms with van der Waals surface area (Å²) < 4.78 is 16.9. The van der Waals surface area contributed by atoms with Crippen LogP contribution in [-0.2, 0) is 23.8 Å². The van der Waals surface area contributed by atoms with Crippen LogP contribution < -0.4 is 0 Å². The molecule has 5 heteroatoms. The molecule has 2 heterocycles. The molecule has 1 saturated heterocycles. The molecule has 0 saturated carbocycles. The van der Waals surface area contributed by atoms with Crippen molar-refractivity contribution in [3.8, 4) is 0 Å². The lowest BCUT2D eigenvalue weighted by Gasteiger charge is -2.47. The second-order valence-corrected chi connectivity index (χ2v) is 8.16. The standard InChI is InChI=1S/C21H26O5/c1-13-12-21(18(22)24-5)16(11-15(13)25-19(21)23)26-17(20(2,3)4)14-9-7-6-8-10-14/h6-10,12,15-17H,11H2,1-5H3/t15-,16-,17-,21-/m0/s1. The van der Waals surface area contributed by atoms with Gasteiger partial charge in [-0.3, -0.25) is 9.59 Å². The van der Waals surface area contributed by atoms with E-state index < -0.39 is 23.5 Å². The molecule has 1 aromatic carbocycles. The number of hydrogen-bond acceptors (Lipinski definition) is 5. The highest BCUT2D eigenvalue weighted by Gasteiger charge is 2.62. The normalized spacial score (nSPS) is 29.0. The minimum absolute atomic E-state index is 0.224. The van der Waals surface area contributed by atoms with E-state index in [0.717, 1.165) is 11.1 Å². The highest BCUT2D eigenvalue weighted by Crippen LogP contribution is 2.48. The molecule has 1 aromatic rings. The zero-order valence-electron chi connectivity index (χ0n) is 15.9. The van der Waals surface area contributed by atoms with Crippen molar-refractivity contribution in [3.63, 3.8) is 0 Å². The number of hydrogen-bond donors (Lipinski definition) is 0. The van der Waals surface area contributed by atoms with Gasteiger partial charge in [-0.2, -0.15) is 0 Å². The molecule has 2 aliphatic heterocycles. The minimum atomic E-state index is -1.54. The fourth-order valence-corrected chi connectivity index (χ4v) is 3.85. The third-order valence-electron chi connectivity index (χ3n) is 5.20. The molecule has 1 fully saturated rings. The topological polar surface area (TPSA) is 61.8 Å². The molecular weight excluding hydrogens is 332 g/mol. The summed E-state index contributed by atoms with van der Waals surface area (Å²) in [6.07, 6.45) is 0.859. The molecule has 0 aromatic heterocycles. The van der Waals surface area contributed by atoms with E-state index in [2.05, 4.69) is 20.8 Å². The van der Waals surface area contributed by atoms with Gasteiger partial charge in [-0.05, 0) is 23.5 Å². The molecule has 0 amide bonds. The van der Waals surface area contributed by atoms with Crippen LogP contribution in [0.4, 0.5) is 0 Å².